The highest BCUT2D eigenvalue weighted by molar-refractivity contribution is 7.89. The second-order valence-electron chi connectivity index (χ2n) is 8.16. The van der Waals surface area contributed by atoms with Crippen LogP contribution in [0.1, 0.15) is 35.3 Å². The fraction of sp³-hybridized carbons (Fsp3) is 0.231. The van der Waals surface area contributed by atoms with Gasteiger partial charge < -0.3 is 9.47 Å². The maximum atomic E-state index is 11.8. The lowest BCUT2D eigenvalue weighted by atomic mass is 9.86. The van der Waals surface area contributed by atoms with Crippen LogP contribution in [-0.2, 0) is 16.4 Å². The van der Waals surface area contributed by atoms with Crippen LogP contribution in [0, 0.1) is 0 Å². The van der Waals surface area contributed by atoms with E-state index < -0.39 is 10.0 Å². The van der Waals surface area contributed by atoms with Crippen molar-refractivity contribution in [2.24, 2.45) is 5.14 Å². The fourth-order valence-corrected chi connectivity index (χ4v) is 6.24. The average molecular weight is 480 g/mol. The summed E-state index contributed by atoms with van der Waals surface area (Å²) in [4.78, 5) is 1.26. The number of ether oxygens (including phenoxy) is 2. The van der Waals surface area contributed by atoms with Crippen LogP contribution in [0.15, 0.2) is 77.7 Å². The number of hydrogen-bond acceptors (Lipinski definition) is 5. The lowest BCUT2D eigenvalue weighted by Crippen LogP contribution is -2.27. The zero-order valence-corrected chi connectivity index (χ0v) is 19.9. The van der Waals surface area contributed by atoms with E-state index >= 15 is 0 Å². The van der Waals surface area contributed by atoms with Crippen molar-refractivity contribution in [2.45, 2.75) is 36.7 Å². The van der Waals surface area contributed by atoms with Gasteiger partial charge in [-0.15, -0.1) is 11.3 Å². The Morgan fingerprint density at radius 2 is 1.82 bits per heavy atom. The summed E-state index contributed by atoms with van der Waals surface area (Å²) in [6.07, 6.45) is 1.41. The largest absolute Gasteiger partial charge is 0.490 e. The molecule has 0 amide bonds. The predicted molar refractivity (Wildman–Crippen MR) is 132 cm³/mol. The summed E-state index contributed by atoms with van der Waals surface area (Å²) >= 11 is 1.79. The van der Waals surface area contributed by atoms with E-state index in [0.29, 0.717) is 24.5 Å². The van der Waals surface area contributed by atoms with Crippen LogP contribution >= 0.6 is 11.3 Å². The minimum absolute atomic E-state index is 0.0145. The normalized spacial score (nSPS) is 17.0. The standard InChI is InChI=1S/C26H25NO4S2/c1-2-17-7-3-5-9-20(17)26(25-15-18-8-4-6-10-24(18)32-25)22-13-14-30-23-16-19(33(27,28)29)11-12-21(23)31-22/h3-12,15-16,22,26H,2,13-14H2,1H3,(H2,27,28,29)/t22?,26-/m1/s1. The number of thiophene rings is 1. The highest BCUT2D eigenvalue weighted by Gasteiger charge is 2.32. The molecule has 0 saturated heterocycles. The van der Waals surface area contributed by atoms with Gasteiger partial charge in [-0.05, 0) is 47.2 Å². The van der Waals surface area contributed by atoms with E-state index in [1.807, 2.05) is 0 Å². The molecule has 5 nitrogen and oxygen atoms in total. The van der Waals surface area contributed by atoms with Crippen molar-refractivity contribution in [1.82, 2.24) is 0 Å². The molecule has 0 bridgehead atoms. The minimum atomic E-state index is -3.82. The lowest BCUT2D eigenvalue weighted by Gasteiger charge is -2.28. The molecular formula is C26H25NO4S2. The molecule has 1 aromatic heterocycles. The summed E-state index contributed by atoms with van der Waals surface area (Å²) in [7, 11) is -3.82. The van der Waals surface area contributed by atoms with Gasteiger partial charge in [0.25, 0.3) is 0 Å². The van der Waals surface area contributed by atoms with E-state index in [2.05, 4.69) is 61.5 Å². The number of rotatable bonds is 5. The minimum Gasteiger partial charge on any atom is -0.490 e. The third-order valence-electron chi connectivity index (χ3n) is 6.08. The maximum absolute atomic E-state index is 11.8. The molecule has 1 aliphatic rings. The quantitative estimate of drug-likeness (QED) is 0.411. The summed E-state index contributed by atoms with van der Waals surface area (Å²) in [5, 5.41) is 6.52. The number of aryl methyl sites for hydroxylation is 1. The molecule has 0 saturated carbocycles. The van der Waals surface area contributed by atoms with Gasteiger partial charge in [-0.2, -0.15) is 0 Å². The molecule has 7 heteroatoms. The molecule has 33 heavy (non-hydrogen) atoms. The molecule has 0 aliphatic carbocycles. The van der Waals surface area contributed by atoms with Crippen LogP contribution in [0.25, 0.3) is 10.1 Å². The van der Waals surface area contributed by atoms with Gasteiger partial charge >= 0.3 is 0 Å². The van der Waals surface area contributed by atoms with Crippen molar-refractivity contribution in [3.05, 3.63) is 88.8 Å². The summed E-state index contributed by atoms with van der Waals surface area (Å²) < 4.78 is 37.3. The zero-order chi connectivity index (χ0) is 23.0. The first-order valence-corrected chi connectivity index (χ1v) is 13.3. The lowest BCUT2D eigenvalue weighted by molar-refractivity contribution is 0.174. The van der Waals surface area contributed by atoms with Crippen LogP contribution in [0.4, 0.5) is 0 Å². The van der Waals surface area contributed by atoms with Crippen LogP contribution < -0.4 is 14.6 Å². The van der Waals surface area contributed by atoms with Crippen LogP contribution in [0.5, 0.6) is 11.5 Å². The van der Waals surface area contributed by atoms with Crippen molar-refractivity contribution in [3.8, 4) is 11.5 Å². The average Bonchev–Trinajstić information content (AvgIpc) is 3.11. The number of nitrogens with two attached hydrogens (primary N) is 1. The van der Waals surface area contributed by atoms with Gasteiger partial charge in [0.1, 0.15) is 6.10 Å². The first kappa shape index (κ1) is 21.9. The molecule has 3 aromatic carbocycles. The molecular weight excluding hydrogens is 454 g/mol. The summed E-state index contributed by atoms with van der Waals surface area (Å²) in [5.41, 5.74) is 2.54. The van der Waals surface area contributed by atoms with E-state index in [0.717, 1.165) is 6.42 Å². The molecule has 1 unspecified atom stereocenters. The molecule has 0 fully saturated rings. The molecule has 2 heterocycles. The van der Waals surface area contributed by atoms with Crippen molar-refractivity contribution in [2.75, 3.05) is 6.61 Å². The van der Waals surface area contributed by atoms with Crippen molar-refractivity contribution >= 4 is 31.4 Å². The summed E-state index contributed by atoms with van der Waals surface area (Å²) in [6.45, 7) is 2.59. The van der Waals surface area contributed by atoms with Gasteiger partial charge in [-0.25, -0.2) is 13.6 Å². The molecule has 1 aliphatic heterocycles. The third-order valence-corrected chi connectivity index (χ3v) is 8.19. The van der Waals surface area contributed by atoms with Crippen LogP contribution in [0.3, 0.4) is 0 Å². The Morgan fingerprint density at radius 3 is 2.61 bits per heavy atom. The van der Waals surface area contributed by atoms with E-state index in [9.17, 15) is 8.42 Å². The molecule has 0 spiro atoms. The Hall–Kier alpha value is -2.87. The van der Waals surface area contributed by atoms with E-state index in [1.165, 1.54) is 38.2 Å². The number of primary sulfonamides is 1. The number of sulfonamides is 1. The van der Waals surface area contributed by atoms with E-state index in [-0.39, 0.29) is 16.9 Å². The SMILES string of the molecule is CCc1ccccc1[C@@H](c1cc2ccccc2s1)C1CCOc2cc(S(N)(=O)=O)ccc2O1. The molecule has 0 radical (unpaired) electrons. The van der Waals surface area contributed by atoms with Gasteiger partial charge in [0.05, 0.1) is 17.4 Å². The monoisotopic (exact) mass is 479 g/mol. The second kappa shape index (κ2) is 8.82. The smallest absolute Gasteiger partial charge is 0.238 e. The Balaban J connectivity index is 1.61. The summed E-state index contributed by atoms with van der Waals surface area (Å²) in [6, 6.07) is 23.7. The zero-order valence-electron chi connectivity index (χ0n) is 18.2. The number of fused-ring (bicyclic) bond motifs is 2. The topological polar surface area (TPSA) is 78.6 Å². The van der Waals surface area contributed by atoms with Crippen molar-refractivity contribution in [1.29, 1.82) is 0 Å². The molecule has 4 aromatic rings. The number of hydrogen-bond donors (Lipinski definition) is 1. The Labute approximate surface area is 197 Å². The van der Waals surface area contributed by atoms with Crippen molar-refractivity contribution < 1.29 is 17.9 Å². The van der Waals surface area contributed by atoms with Crippen molar-refractivity contribution in [3.63, 3.8) is 0 Å². The molecule has 170 valence electrons. The molecule has 5 rings (SSSR count). The van der Waals surface area contributed by atoms with Crippen LogP contribution in [-0.4, -0.2) is 21.1 Å². The first-order valence-electron chi connectivity index (χ1n) is 11.0. The predicted octanol–water partition coefficient (Wildman–Crippen LogP) is 5.47. The van der Waals surface area contributed by atoms with Gasteiger partial charge in [0.15, 0.2) is 11.5 Å². The highest BCUT2D eigenvalue weighted by atomic mass is 32.2. The van der Waals surface area contributed by atoms with E-state index in [1.54, 1.807) is 17.4 Å². The Bertz CT molecular complexity index is 1380. The Kier molecular flexibility index (Phi) is 5.86. The first-order chi connectivity index (χ1) is 15.9. The second-order valence-corrected chi connectivity index (χ2v) is 10.8. The molecule has 2 atom stereocenters. The fourth-order valence-electron chi connectivity index (χ4n) is 4.47. The van der Waals surface area contributed by atoms with Gasteiger partial charge in [0, 0.05) is 22.1 Å². The van der Waals surface area contributed by atoms with Crippen LogP contribution in [0.2, 0.25) is 0 Å². The van der Waals surface area contributed by atoms with Gasteiger partial charge in [-0.1, -0.05) is 49.4 Å². The Morgan fingerprint density at radius 1 is 1.03 bits per heavy atom. The van der Waals surface area contributed by atoms with Gasteiger partial charge in [0.2, 0.25) is 10.0 Å². The highest BCUT2D eigenvalue weighted by Crippen LogP contribution is 2.43. The van der Waals surface area contributed by atoms with Gasteiger partial charge in [-0.3, -0.25) is 0 Å². The number of benzene rings is 3. The van der Waals surface area contributed by atoms with E-state index in [4.69, 9.17) is 14.6 Å². The third kappa shape index (κ3) is 4.36. The summed E-state index contributed by atoms with van der Waals surface area (Å²) in [5.74, 6) is 0.957. The molecule has 2 N–H and O–H groups in total. The maximum Gasteiger partial charge on any atom is 0.238 e.